The van der Waals surface area contributed by atoms with E-state index < -0.39 is 5.97 Å². The minimum absolute atomic E-state index is 0.122. The smallest absolute Gasteiger partial charge is 0.360 e. The van der Waals surface area contributed by atoms with Gasteiger partial charge in [-0.1, -0.05) is 5.21 Å². The minimum atomic E-state index is -0.497. The number of methoxy groups -OCH3 is 2. The molecule has 0 bridgehead atoms. The molecule has 0 spiro atoms. The second-order valence-corrected chi connectivity index (χ2v) is 4.48. The number of ether oxygens (including phenoxy) is 3. The highest BCUT2D eigenvalue weighted by Crippen LogP contribution is 2.16. The van der Waals surface area contributed by atoms with Crippen molar-refractivity contribution in [1.29, 1.82) is 0 Å². The molecule has 1 aromatic rings. The van der Waals surface area contributed by atoms with Crippen molar-refractivity contribution in [2.75, 3.05) is 20.8 Å². The van der Waals surface area contributed by atoms with Crippen LogP contribution in [0.1, 0.15) is 35.4 Å². The van der Waals surface area contributed by atoms with Crippen LogP contribution in [0, 0.1) is 0 Å². The van der Waals surface area contributed by atoms with E-state index in [1.807, 2.05) is 0 Å². The molecule has 7 heteroatoms. The summed E-state index contributed by atoms with van der Waals surface area (Å²) < 4.78 is 17.1. The summed E-state index contributed by atoms with van der Waals surface area (Å²) in [6, 6.07) is 0. The average Bonchev–Trinajstić information content (AvgIpc) is 2.83. The SMILES string of the molecule is COCc1c(C(=O)OC)nnn1CC1CCCCO1. The van der Waals surface area contributed by atoms with E-state index in [-0.39, 0.29) is 18.4 Å². The van der Waals surface area contributed by atoms with Crippen LogP contribution in [0.3, 0.4) is 0 Å². The predicted molar refractivity (Wildman–Crippen MR) is 65.7 cm³/mol. The Kier molecular flexibility index (Phi) is 4.86. The van der Waals surface area contributed by atoms with Crippen molar-refractivity contribution in [1.82, 2.24) is 15.0 Å². The molecule has 0 aromatic carbocycles. The molecule has 7 nitrogen and oxygen atoms in total. The Bertz CT molecular complexity index is 427. The summed E-state index contributed by atoms with van der Waals surface area (Å²) in [6.45, 7) is 1.63. The molecule has 1 aromatic heterocycles. The van der Waals surface area contributed by atoms with E-state index in [4.69, 9.17) is 9.47 Å². The molecule has 0 aliphatic carbocycles. The van der Waals surface area contributed by atoms with Gasteiger partial charge in [-0.15, -0.1) is 5.10 Å². The molecule has 106 valence electrons. The van der Waals surface area contributed by atoms with Crippen LogP contribution in [-0.4, -0.2) is 47.9 Å². The molecule has 2 rings (SSSR count). The van der Waals surface area contributed by atoms with Crippen molar-refractivity contribution in [2.24, 2.45) is 0 Å². The number of nitrogens with zero attached hydrogens (tertiary/aromatic N) is 3. The zero-order valence-corrected chi connectivity index (χ0v) is 11.3. The highest BCUT2D eigenvalue weighted by Gasteiger charge is 2.23. The highest BCUT2D eigenvalue weighted by molar-refractivity contribution is 5.88. The van der Waals surface area contributed by atoms with Gasteiger partial charge in [-0.05, 0) is 19.3 Å². The van der Waals surface area contributed by atoms with Crippen molar-refractivity contribution in [3.05, 3.63) is 11.4 Å². The Hall–Kier alpha value is -1.47. The third-order valence-corrected chi connectivity index (χ3v) is 3.15. The molecule has 0 N–H and O–H groups in total. The number of carbonyl (C=O) groups is 1. The van der Waals surface area contributed by atoms with E-state index in [2.05, 4.69) is 15.0 Å². The number of hydrogen-bond acceptors (Lipinski definition) is 6. The zero-order chi connectivity index (χ0) is 13.7. The lowest BCUT2D eigenvalue weighted by Gasteiger charge is -2.22. The Labute approximate surface area is 111 Å². The van der Waals surface area contributed by atoms with Crippen molar-refractivity contribution >= 4 is 5.97 Å². The normalized spacial score (nSPS) is 19.4. The number of rotatable bonds is 5. The van der Waals surface area contributed by atoms with Crippen LogP contribution in [0.5, 0.6) is 0 Å². The van der Waals surface area contributed by atoms with E-state index in [0.29, 0.717) is 12.2 Å². The summed E-state index contributed by atoms with van der Waals surface area (Å²) in [6.07, 6.45) is 3.38. The zero-order valence-electron chi connectivity index (χ0n) is 11.3. The molecule has 1 saturated heterocycles. The predicted octanol–water partition coefficient (Wildman–Crippen LogP) is 0.780. The van der Waals surface area contributed by atoms with Crippen LogP contribution in [0.2, 0.25) is 0 Å². The molecule has 2 heterocycles. The Morgan fingerprint density at radius 1 is 1.47 bits per heavy atom. The van der Waals surface area contributed by atoms with E-state index in [0.717, 1.165) is 25.9 Å². The van der Waals surface area contributed by atoms with Gasteiger partial charge in [0.15, 0.2) is 5.69 Å². The Morgan fingerprint density at radius 2 is 2.32 bits per heavy atom. The van der Waals surface area contributed by atoms with Crippen LogP contribution < -0.4 is 0 Å². The maximum Gasteiger partial charge on any atom is 0.360 e. The van der Waals surface area contributed by atoms with E-state index >= 15 is 0 Å². The first-order valence-electron chi connectivity index (χ1n) is 6.37. The second kappa shape index (κ2) is 6.63. The number of carbonyl (C=O) groups excluding carboxylic acids is 1. The lowest BCUT2D eigenvalue weighted by Crippen LogP contribution is -2.26. The molecular formula is C12H19N3O4. The summed E-state index contributed by atoms with van der Waals surface area (Å²) in [4.78, 5) is 11.6. The van der Waals surface area contributed by atoms with E-state index in [1.54, 1.807) is 11.8 Å². The first kappa shape index (κ1) is 14.0. The summed E-state index contributed by atoms with van der Waals surface area (Å²) in [5.41, 5.74) is 0.837. The van der Waals surface area contributed by atoms with Gasteiger partial charge in [0.25, 0.3) is 0 Å². The fourth-order valence-electron chi connectivity index (χ4n) is 2.16. The number of hydrogen-bond donors (Lipinski definition) is 0. The molecular weight excluding hydrogens is 250 g/mol. The summed E-state index contributed by atoms with van der Waals surface area (Å²) in [5.74, 6) is -0.497. The van der Waals surface area contributed by atoms with Gasteiger partial charge in [0, 0.05) is 13.7 Å². The van der Waals surface area contributed by atoms with Gasteiger partial charge in [-0.3, -0.25) is 0 Å². The second-order valence-electron chi connectivity index (χ2n) is 4.48. The van der Waals surface area contributed by atoms with Gasteiger partial charge < -0.3 is 14.2 Å². The van der Waals surface area contributed by atoms with E-state index in [9.17, 15) is 4.79 Å². The number of esters is 1. The molecule has 1 aliphatic heterocycles. The molecule has 1 aliphatic rings. The molecule has 1 fully saturated rings. The van der Waals surface area contributed by atoms with Gasteiger partial charge in [0.1, 0.15) is 0 Å². The third-order valence-electron chi connectivity index (χ3n) is 3.15. The molecule has 1 unspecified atom stereocenters. The minimum Gasteiger partial charge on any atom is -0.464 e. The number of aromatic nitrogens is 3. The van der Waals surface area contributed by atoms with Gasteiger partial charge in [0.2, 0.25) is 0 Å². The summed E-state index contributed by atoms with van der Waals surface area (Å²) in [7, 11) is 2.89. The first-order chi connectivity index (χ1) is 9.26. The van der Waals surface area contributed by atoms with Crippen molar-refractivity contribution in [3.8, 4) is 0 Å². The van der Waals surface area contributed by atoms with Gasteiger partial charge in [-0.2, -0.15) is 0 Å². The Morgan fingerprint density at radius 3 is 2.95 bits per heavy atom. The van der Waals surface area contributed by atoms with Gasteiger partial charge in [-0.25, -0.2) is 9.48 Å². The van der Waals surface area contributed by atoms with Crippen LogP contribution in [-0.2, 0) is 27.4 Å². The topological polar surface area (TPSA) is 75.5 Å². The van der Waals surface area contributed by atoms with Gasteiger partial charge >= 0.3 is 5.97 Å². The van der Waals surface area contributed by atoms with Crippen molar-refractivity contribution in [3.63, 3.8) is 0 Å². The fourth-order valence-corrected chi connectivity index (χ4v) is 2.16. The molecule has 0 radical (unpaired) electrons. The third kappa shape index (κ3) is 3.30. The highest BCUT2D eigenvalue weighted by atomic mass is 16.5. The molecule has 19 heavy (non-hydrogen) atoms. The Balaban J connectivity index is 2.14. The molecule has 0 saturated carbocycles. The quantitative estimate of drug-likeness (QED) is 0.735. The largest absolute Gasteiger partial charge is 0.464 e. The molecule has 0 amide bonds. The monoisotopic (exact) mass is 269 g/mol. The lowest BCUT2D eigenvalue weighted by atomic mass is 10.1. The maximum absolute atomic E-state index is 11.6. The van der Waals surface area contributed by atoms with E-state index in [1.165, 1.54) is 7.11 Å². The maximum atomic E-state index is 11.6. The summed E-state index contributed by atoms with van der Waals surface area (Å²) in [5, 5.41) is 7.88. The molecule has 1 atom stereocenters. The van der Waals surface area contributed by atoms with Crippen LogP contribution in [0.4, 0.5) is 0 Å². The van der Waals surface area contributed by atoms with Crippen molar-refractivity contribution in [2.45, 2.75) is 38.5 Å². The van der Waals surface area contributed by atoms with Crippen LogP contribution in [0.25, 0.3) is 0 Å². The van der Waals surface area contributed by atoms with Crippen LogP contribution >= 0.6 is 0 Å². The average molecular weight is 269 g/mol. The standard InChI is InChI=1S/C12H19N3O4/c1-17-8-10-11(12(16)18-2)13-14-15(10)7-9-5-3-4-6-19-9/h9H,3-8H2,1-2H3. The van der Waals surface area contributed by atoms with Gasteiger partial charge in [0.05, 0.1) is 32.1 Å². The van der Waals surface area contributed by atoms with Crippen molar-refractivity contribution < 1.29 is 19.0 Å². The lowest BCUT2D eigenvalue weighted by molar-refractivity contribution is 0.00239. The first-order valence-corrected chi connectivity index (χ1v) is 6.37. The fraction of sp³-hybridized carbons (Fsp3) is 0.750. The summed E-state index contributed by atoms with van der Waals surface area (Å²) >= 11 is 0. The van der Waals surface area contributed by atoms with Crippen LogP contribution in [0.15, 0.2) is 0 Å².